The second kappa shape index (κ2) is 8.41. The zero-order valence-electron chi connectivity index (χ0n) is 15.4. The summed E-state index contributed by atoms with van der Waals surface area (Å²) in [5, 5.41) is 4.04. The Labute approximate surface area is 168 Å². The molecular formula is C20H21ClN4O3. The maximum Gasteiger partial charge on any atom is 0.267 e. The quantitative estimate of drug-likeness (QED) is 0.707. The van der Waals surface area contributed by atoms with Crippen molar-refractivity contribution >= 4 is 24.0 Å². The van der Waals surface area contributed by atoms with Gasteiger partial charge in [-0.3, -0.25) is 4.79 Å². The third-order valence-corrected chi connectivity index (χ3v) is 4.54. The molecule has 0 spiro atoms. The second-order valence-electron chi connectivity index (χ2n) is 6.38. The number of para-hydroxylation sites is 2. The number of nitrogens with two attached hydrogens (primary N) is 1. The lowest BCUT2D eigenvalue weighted by Gasteiger charge is -2.32. The van der Waals surface area contributed by atoms with Gasteiger partial charge in [0.1, 0.15) is 5.75 Å². The van der Waals surface area contributed by atoms with Crippen LogP contribution in [0.2, 0.25) is 0 Å². The van der Waals surface area contributed by atoms with Gasteiger partial charge >= 0.3 is 0 Å². The fourth-order valence-electron chi connectivity index (χ4n) is 3.06. The molecule has 1 atom stereocenters. The molecule has 0 radical (unpaired) electrons. The molecule has 4 rings (SSSR count). The monoisotopic (exact) mass is 400 g/mol. The number of carbonyl (C=O) groups excluding carboxylic acids is 1. The van der Waals surface area contributed by atoms with Gasteiger partial charge in [-0.2, -0.15) is 4.98 Å². The number of hydrogen-bond acceptors (Lipinski definition) is 6. The summed E-state index contributed by atoms with van der Waals surface area (Å²) in [5.74, 6) is 1.63. The Balaban J connectivity index is 0.00000225. The summed E-state index contributed by atoms with van der Waals surface area (Å²) in [6.07, 6.45) is -0.0556. The minimum atomic E-state index is -0.515. The summed E-state index contributed by atoms with van der Waals surface area (Å²) in [7, 11) is 0. The number of aromatic nitrogens is 2. The van der Waals surface area contributed by atoms with Gasteiger partial charge in [-0.25, -0.2) is 0 Å². The maximum absolute atomic E-state index is 12.5. The van der Waals surface area contributed by atoms with Gasteiger partial charge in [0.15, 0.2) is 6.10 Å². The summed E-state index contributed by atoms with van der Waals surface area (Å²) in [4.78, 5) is 18.7. The van der Waals surface area contributed by atoms with Crippen LogP contribution in [0.3, 0.4) is 0 Å². The van der Waals surface area contributed by atoms with Gasteiger partial charge in [0, 0.05) is 25.1 Å². The standard InChI is InChI=1S/C20H20N4O3.ClH/c1-13-20(25)24(16-4-2-3-5-17(16)26-13)11-10-18-22-19(23-27-18)15-8-6-14(12-21)7-9-15;/h2-9,13H,10-12,21H2,1H3;1H. The highest BCUT2D eigenvalue weighted by Gasteiger charge is 2.31. The van der Waals surface area contributed by atoms with Crippen molar-refractivity contribution in [2.24, 2.45) is 5.73 Å². The Kier molecular flexibility index (Phi) is 5.96. The first kappa shape index (κ1) is 19.9. The molecule has 146 valence electrons. The summed E-state index contributed by atoms with van der Waals surface area (Å²) in [5.41, 5.74) is 8.29. The van der Waals surface area contributed by atoms with Crippen LogP contribution in [0.25, 0.3) is 11.4 Å². The van der Waals surface area contributed by atoms with Crippen molar-refractivity contribution in [3.05, 3.63) is 60.0 Å². The number of nitrogens with zero attached hydrogens (tertiary/aromatic N) is 3. The molecule has 0 saturated heterocycles. The van der Waals surface area contributed by atoms with Crippen molar-refractivity contribution in [2.45, 2.75) is 26.0 Å². The van der Waals surface area contributed by atoms with Crippen LogP contribution in [-0.4, -0.2) is 28.7 Å². The third-order valence-electron chi connectivity index (χ3n) is 4.54. The van der Waals surface area contributed by atoms with E-state index in [4.69, 9.17) is 15.0 Å². The molecule has 28 heavy (non-hydrogen) atoms. The molecule has 1 aliphatic rings. The average molecular weight is 401 g/mol. The highest BCUT2D eigenvalue weighted by atomic mass is 35.5. The number of ether oxygens (including phenoxy) is 1. The highest BCUT2D eigenvalue weighted by molar-refractivity contribution is 5.99. The van der Waals surface area contributed by atoms with Crippen molar-refractivity contribution in [1.29, 1.82) is 0 Å². The van der Waals surface area contributed by atoms with Gasteiger partial charge in [0.25, 0.3) is 5.91 Å². The molecule has 1 amide bonds. The van der Waals surface area contributed by atoms with E-state index in [0.29, 0.717) is 37.0 Å². The van der Waals surface area contributed by atoms with Crippen molar-refractivity contribution in [3.63, 3.8) is 0 Å². The summed E-state index contributed by atoms with van der Waals surface area (Å²) >= 11 is 0. The van der Waals surface area contributed by atoms with Crippen LogP contribution >= 0.6 is 12.4 Å². The van der Waals surface area contributed by atoms with E-state index in [1.165, 1.54) is 0 Å². The Hall–Kier alpha value is -2.90. The number of fused-ring (bicyclic) bond motifs is 1. The van der Waals surface area contributed by atoms with E-state index >= 15 is 0 Å². The van der Waals surface area contributed by atoms with Crippen molar-refractivity contribution in [3.8, 4) is 17.1 Å². The lowest BCUT2D eigenvalue weighted by molar-refractivity contribution is -0.125. The van der Waals surface area contributed by atoms with Gasteiger partial charge in [0.05, 0.1) is 5.69 Å². The molecule has 1 aliphatic heterocycles. The Morgan fingerprint density at radius 2 is 1.89 bits per heavy atom. The van der Waals surface area contributed by atoms with E-state index < -0.39 is 6.10 Å². The lowest BCUT2D eigenvalue weighted by atomic mass is 10.1. The van der Waals surface area contributed by atoms with E-state index in [1.54, 1.807) is 11.8 Å². The van der Waals surface area contributed by atoms with Crippen LogP contribution in [0, 0.1) is 0 Å². The highest BCUT2D eigenvalue weighted by Crippen LogP contribution is 2.33. The number of benzene rings is 2. The van der Waals surface area contributed by atoms with Crippen LogP contribution in [0.1, 0.15) is 18.4 Å². The Bertz CT molecular complexity index is 958. The molecule has 1 unspecified atom stereocenters. The van der Waals surface area contributed by atoms with Crippen LogP contribution in [-0.2, 0) is 17.8 Å². The van der Waals surface area contributed by atoms with Gasteiger partial charge < -0.3 is 19.9 Å². The first-order chi connectivity index (χ1) is 13.2. The average Bonchev–Trinajstić information content (AvgIpc) is 3.17. The number of carbonyl (C=O) groups is 1. The molecule has 0 saturated carbocycles. The molecule has 1 aromatic heterocycles. The number of anilines is 1. The van der Waals surface area contributed by atoms with Gasteiger partial charge in [0.2, 0.25) is 11.7 Å². The molecule has 2 heterocycles. The Morgan fingerprint density at radius 1 is 1.14 bits per heavy atom. The molecule has 2 N–H and O–H groups in total. The minimum absolute atomic E-state index is 0. The van der Waals surface area contributed by atoms with Crippen LogP contribution in [0.5, 0.6) is 5.75 Å². The van der Waals surface area contributed by atoms with Gasteiger partial charge in [-0.05, 0) is 24.6 Å². The first-order valence-electron chi connectivity index (χ1n) is 8.85. The molecule has 2 aromatic carbocycles. The van der Waals surface area contributed by atoms with E-state index in [0.717, 1.165) is 16.8 Å². The maximum atomic E-state index is 12.5. The van der Waals surface area contributed by atoms with Gasteiger partial charge in [-0.1, -0.05) is 41.6 Å². The van der Waals surface area contributed by atoms with E-state index in [-0.39, 0.29) is 18.3 Å². The summed E-state index contributed by atoms with van der Waals surface area (Å²) in [6, 6.07) is 15.2. The number of amides is 1. The smallest absolute Gasteiger partial charge is 0.267 e. The van der Waals surface area contributed by atoms with Gasteiger partial charge in [-0.15, -0.1) is 12.4 Å². The second-order valence-corrected chi connectivity index (χ2v) is 6.38. The lowest BCUT2D eigenvalue weighted by Crippen LogP contribution is -2.45. The van der Waals surface area contributed by atoms with Crippen molar-refractivity contribution in [1.82, 2.24) is 10.1 Å². The van der Waals surface area contributed by atoms with Crippen LogP contribution in [0.15, 0.2) is 53.1 Å². The summed E-state index contributed by atoms with van der Waals surface area (Å²) < 4.78 is 11.0. The first-order valence-corrected chi connectivity index (χ1v) is 8.85. The predicted octanol–water partition coefficient (Wildman–Crippen LogP) is 2.97. The van der Waals surface area contributed by atoms with E-state index in [1.807, 2.05) is 48.5 Å². The molecule has 0 aliphatic carbocycles. The fourth-order valence-corrected chi connectivity index (χ4v) is 3.06. The SMILES string of the molecule is CC1Oc2ccccc2N(CCc2nc(-c3ccc(CN)cc3)no2)C1=O.Cl. The number of hydrogen-bond donors (Lipinski definition) is 1. The normalized spacial score (nSPS) is 15.6. The fraction of sp³-hybridized carbons (Fsp3) is 0.250. The summed E-state index contributed by atoms with van der Waals surface area (Å²) in [6.45, 7) is 2.68. The number of rotatable bonds is 5. The molecule has 0 fully saturated rings. The predicted molar refractivity (Wildman–Crippen MR) is 107 cm³/mol. The molecule has 3 aromatic rings. The van der Waals surface area contributed by atoms with E-state index in [9.17, 15) is 4.79 Å². The molecular weight excluding hydrogens is 380 g/mol. The molecule has 0 bridgehead atoms. The van der Waals surface area contributed by atoms with Crippen molar-refractivity contribution in [2.75, 3.05) is 11.4 Å². The zero-order valence-corrected chi connectivity index (χ0v) is 16.2. The molecule has 7 nitrogen and oxygen atoms in total. The minimum Gasteiger partial charge on any atom is -0.479 e. The van der Waals surface area contributed by atoms with Crippen LogP contribution < -0.4 is 15.4 Å². The third kappa shape index (κ3) is 3.85. The van der Waals surface area contributed by atoms with Crippen LogP contribution in [0.4, 0.5) is 5.69 Å². The van der Waals surface area contributed by atoms with E-state index in [2.05, 4.69) is 10.1 Å². The Morgan fingerprint density at radius 3 is 2.64 bits per heavy atom. The zero-order chi connectivity index (χ0) is 18.8. The number of halogens is 1. The molecule has 8 heteroatoms. The largest absolute Gasteiger partial charge is 0.479 e. The van der Waals surface area contributed by atoms with Crippen molar-refractivity contribution < 1.29 is 14.1 Å². The topological polar surface area (TPSA) is 94.5 Å².